The summed E-state index contributed by atoms with van der Waals surface area (Å²) in [6.07, 6.45) is 2.85. The van der Waals surface area contributed by atoms with Gasteiger partial charge in [0.1, 0.15) is 0 Å². The monoisotopic (exact) mass is 329 g/mol. The quantitative estimate of drug-likeness (QED) is 0.873. The molecule has 130 valence electrons. The number of benzene rings is 1. The molecule has 1 saturated heterocycles. The third-order valence-electron chi connectivity index (χ3n) is 5.39. The molecule has 0 bridgehead atoms. The summed E-state index contributed by atoms with van der Waals surface area (Å²) in [5, 5.41) is 6.44. The van der Waals surface area contributed by atoms with E-state index in [1.165, 1.54) is 0 Å². The summed E-state index contributed by atoms with van der Waals surface area (Å²) in [6, 6.07) is 6.17. The lowest BCUT2D eigenvalue weighted by Gasteiger charge is -2.39. The van der Waals surface area contributed by atoms with Gasteiger partial charge in [-0.25, -0.2) is 0 Å². The van der Waals surface area contributed by atoms with Crippen LogP contribution >= 0.6 is 0 Å². The number of hydrogen-bond donors (Lipinski definition) is 2. The van der Waals surface area contributed by atoms with Gasteiger partial charge in [0.2, 0.25) is 5.91 Å². The Morgan fingerprint density at radius 1 is 1.21 bits per heavy atom. The molecule has 1 aromatic carbocycles. The van der Waals surface area contributed by atoms with Crippen LogP contribution in [0.3, 0.4) is 0 Å². The van der Waals surface area contributed by atoms with Crippen LogP contribution in [0.5, 0.6) is 0 Å². The minimum Gasteiger partial charge on any atom is -0.349 e. The number of carbonyl (C=O) groups excluding carboxylic acids is 2. The minimum absolute atomic E-state index is 0.00894. The number of anilines is 1. The highest BCUT2D eigenvalue weighted by Crippen LogP contribution is 2.34. The van der Waals surface area contributed by atoms with Gasteiger partial charge in [-0.1, -0.05) is 6.92 Å². The van der Waals surface area contributed by atoms with E-state index in [-0.39, 0.29) is 23.9 Å². The van der Waals surface area contributed by atoms with Gasteiger partial charge in [-0.2, -0.15) is 0 Å². The van der Waals surface area contributed by atoms with E-state index in [4.69, 9.17) is 0 Å². The van der Waals surface area contributed by atoms with Crippen LogP contribution in [-0.2, 0) is 11.2 Å². The zero-order chi connectivity index (χ0) is 17.3. The van der Waals surface area contributed by atoms with Crippen molar-refractivity contribution in [1.82, 2.24) is 10.6 Å². The second-order valence-corrected chi connectivity index (χ2v) is 7.15. The van der Waals surface area contributed by atoms with Gasteiger partial charge in [-0.3, -0.25) is 9.59 Å². The topological polar surface area (TPSA) is 61.4 Å². The SMILES string of the molecule is CC(=O)N1c2ccc(C(=O)NC3CCNCC3)cc2C[C@@H](C)[C@@H]1C. The Kier molecular flexibility index (Phi) is 4.90. The Morgan fingerprint density at radius 3 is 2.58 bits per heavy atom. The van der Waals surface area contributed by atoms with Crippen LogP contribution in [0.4, 0.5) is 5.69 Å². The number of carbonyl (C=O) groups is 2. The molecule has 2 atom stereocenters. The van der Waals surface area contributed by atoms with E-state index in [9.17, 15) is 9.59 Å². The molecule has 3 rings (SSSR count). The fourth-order valence-corrected chi connectivity index (χ4v) is 3.81. The van der Waals surface area contributed by atoms with Crippen LogP contribution in [0.2, 0.25) is 0 Å². The van der Waals surface area contributed by atoms with E-state index in [2.05, 4.69) is 24.5 Å². The molecule has 0 aliphatic carbocycles. The Bertz CT molecular complexity index is 637. The van der Waals surface area contributed by atoms with E-state index in [0.29, 0.717) is 11.5 Å². The van der Waals surface area contributed by atoms with E-state index < -0.39 is 0 Å². The lowest BCUT2D eigenvalue weighted by atomic mass is 9.87. The molecular weight excluding hydrogens is 302 g/mol. The number of amides is 2. The van der Waals surface area contributed by atoms with Crippen LogP contribution in [-0.4, -0.2) is 37.0 Å². The molecule has 0 unspecified atom stereocenters. The maximum Gasteiger partial charge on any atom is 0.251 e. The normalized spacial score (nSPS) is 24.4. The number of nitrogens with zero attached hydrogens (tertiary/aromatic N) is 1. The van der Waals surface area contributed by atoms with Crippen molar-refractivity contribution in [2.45, 2.75) is 52.1 Å². The molecule has 0 saturated carbocycles. The van der Waals surface area contributed by atoms with Crippen molar-refractivity contribution in [1.29, 1.82) is 0 Å². The predicted octanol–water partition coefficient (Wildman–Crippen LogP) is 2.10. The average molecular weight is 329 g/mol. The van der Waals surface area contributed by atoms with Crippen LogP contribution in [0.15, 0.2) is 18.2 Å². The highest BCUT2D eigenvalue weighted by atomic mass is 16.2. The zero-order valence-electron chi connectivity index (χ0n) is 14.8. The van der Waals surface area contributed by atoms with Crippen LogP contribution in [0.25, 0.3) is 0 Å². The number of nitrogens with one attached hydrogen (secondary N) is 2. The lowest BCUT2D eigenvalue weighted by molar-refractivity contribution is -0.117. The fraction of sp³-hybridized carbons (Fsp3) is 0.579. The first-order valence-corrected chi connectivity index (χ1v) is 8.91. The molecule has 0 spiro atoms. The summed E-state index contributed by atoms with van der Waals surface area (Å²) in [5.74, 6) is 0.427. The summed E-state index contributed by atoms with van der Waals surface area (Å²) < 4.78 is 0. The van der Waals surface area contributed by atoms with Gasteiger partial charge in [0.15, 0.2) is 0 Å². The molecular formula is C19H27N3O2. The zero-order valence-corrected chi connectivity index (χ0v) is 14.8. The standard InChI is InChI=1S/C19H27N3O2/c1-12-10-16-11-15(19(24)21-17-6-8-20-9-7-17)4-5-18(16)22(13(12)2)14(3)23/h4-5,11-13,17,20H,6-10H2,1-3H3,(H,21,24)/t12-,13+/m1/s1. The van der Waals surface area contributed by atoms with Crippen molar-refractivity contribution >= 4 is 17.5 Å². The van der Waals surface area contributed by atoms with Crippen LogP contribution < -0.4 is 15.5 Å². The lowest BCUT2D eigenvalue weighted by Crippen LogP contribution is -2.45. The Morgan fingerprint density at radius 2 is 1.92 bits per heavy atom. The summed E-state index contributed by atoms with van der Waals surface area (Å²) in [7, 11) is 0. The third-order valence-corrected chi connectivity index (χ3v) is 5.39. The minimum atomic E-state index is -0.00894. The molecule has 2 amide bonds. The molecule has 5 heteroatoms. The second-order valence-electron chi connectivity index (χ2n) is 7.15. The first kappa shape index (κ1) is 17.0. The summed E-state index contributed by atoms with van der Waals surface area (Å²) in [4.78, 5) is 26.4. The predicted molar refractivity (Wildman–Crippen MR) is 95.3 cm³/mol. The smallest absolute Gasteiger partial charge is 0.251 e. The highest BCUT2D eigenvalue weighted by molar-refractivity contribution is 5.97. The van der Waals surface area contributed by atoms with Gasteiger partial charge in [0, 0.05) is 30.3 Å². The average Bonchev–Trinajstić information content (AvgIpc) is 2.56. The van der Waals surface area contributed by atoms with E-state index in [1.807, 2.05) is 23.1 Å². The first-order chi connectivity index (χ1) is 11.5. The second kappa shape index (κ2) is 6.93. The number of piperidine rings is 1. The molecule has 24 heavy (non-hydrogen) atoms. The van der Waals surface area contributed by atoms with Crippen LogP contribution in [0.1, 0.15) is 49.5 Å². The molecule has 0 aromatic heterocycles. The van der Waals surface area contributed by atoms with E-state index in [1.54, 1.807) is 6.92 Å². The number of rotatable bonds is 2. The van der Waals surface area contributed by atoms with Crippen LogP contribution in [0, 0.1) is 5.92 Å². The number of hydrogen-bond acceptors (Lipinski definition) is 3. The van der Waals surface area contributed by atoms with Crippen molar-refractivity contribution < 1.29 is 9.59 Å². The largest absolute Gasteiger partial charge is 0.349 e. The maximum atomic E-state index is 12.5. The Balaban J connectivity index is 1.81. The van der Waals surface area contributed by atoms with Gasteiger partial charge in [0.25, 0.3) is 5.91 Å². The van der Waals surface area contributed by atoms with Gasteiger partial charge in [0.05, 0.1) is 0 Å². The van der Waals surface area contributed by atoms with Gasteiger partial charge in [-0.15, -0.1) is 0 Å². The van der Waals surface area contributed by atoms with Crippen molar-refractivity contribution in [2.24, 2.45) is 5.92 Å². The molecule has 2 aliphatic heterocycles. The Labute approximate surface area is 143 Å². The molecule has 2 aliphatic rings. The molecule has 2 heterocycles. The van der Waals surface area contributed by atoms with Crippen molar-refractivity contribution in [3.63, 3.8) is 0 Å². The summed E-state index contributed by atoms with van der Waals surface area (Å²) in [5.41, 5.74) is 2.73. The first-order valence-electron chi connectivity index (χ1n) is 8.91. The van der Waals surface area contributed by atoms with Gasteiger partial charge in [-0.05, 0) is 69.0 Å². The molecule has 0 radical (unpaired) electrons. The maximum absolute atomic E-state index is 12.5. The summed E-state index contributed by atoms with van der Waals surface area (Å²) >= 11 is 0. The molecule has 1 fully saturated rings. The van der Waals surface area contributed by atoms with Crippen molar-refractivity contribution in [2.75, 3.05) is 18.0 Å². The highest BCUT2D eigenvalue weighted by Gasteiger charge is 2.31. The molecule has 5 nitrogen and oxygen atoms in total. The van der Waals surface area contributed by atoms with Crippen molar-refractivity contribution in [3.8, 4) is 0 Å². The fourth-order valence-electron chi connectivity index (χ4n) is 3.81. The van der Waals surface area contributed by atoms with E-state index in [0.717, 1.165) is 43.6 Å². The summed E-state index contributed by atoms with van der Waals surface area (Å²) in [6.45, 7) is 7.77. The van der Waals surface area contributed by atoms with E-state index >= 15 is 0 Å². The molecule has 2 N–H and O–H groups in total. The molecule has 1 aromatic rings. The van der Waals surface area contributed by atoms with Gasteiger partial charge >= 0.3 is 0 Å². The Hall–Kier alpha value is -1.88. The van der Waals surface area contributed by atoms with Gasteiger partial charge < -0.3 is 15.5 Å². The third kappa shape index (κ3) is 3.31. The number of fused-ring (bicyclic) bond motifs is 1. The van der Waals surface area contributed by atoms with Crippen molar-refractivity contribution in [3.05, 3.63) is 29.3 Å².